The number of nitrogens with zero attached hydrogens (tertiary/aromatic N) is 4. The summed E-state index contributed by atoms with van der Waals surface area (Å²) in [6.45, 7) is 1.51. The van der Waals surface area contributed by atoms with E-state index in [1.807, 2.05) is 6.07 Å². The summed E-state index contributed by atoms with van der Waals surface area (Å²) in [6.07, 6.45) is 6.93. The molecule has 0 spiro atoms. The first-order valence-electron chi connectivity index (χ1n) is 7.29. The Kier molecular flexibility index (Phi) is 4.55. The number of aryl methyl sites for hydroxylation is 1. The molecule has 1 atom stereocenters. The van der Waals surface area contributed by atoms with Gasteiger partial charge in [0, 0.05) is 19.6 Å². The zero-order chi connectivity index (χ0) is 15.4. The van der Waals surface area contributed by atoms with Gasteiger partial charge in [-0.2, -0.15) is 17.8 Å². The second-order valence-electron chi connectivity index (χ2n) is 5.20. The van der Waals surface area contributed by atoms with Crippen molar-refractivity contribution in [1.82, 2.24) is 23.8 Å². The molecule has 9 heteroatoms. The Hall–Kier alpha value is -1.71. The van der Waals surface area contributed by atoms with Crippen LogP contribution in [0.4, 0.5) is 0 Å². The van der Waals surface area contributed by atoms with Crippen LogP contribution in [-0.4, -0.2) is 40.6 Å². The van der Waals surface area contributed by atoms with Crippen LogP contribution in [0.25, 0.3) is 0 Å². The Morgan fingerprint density at radius 1 is 1.45 bits per heavy atom. The van der Waals surface area contributed by atoms with Crippen LogP contribution in [-0.2, 0) is 16.8 Å². The fraction of sp³-hybridized carbons (Fsp3) is 0.538. The van der Waals surface area contributed by atoms with Crippen LogP contribution in [0.15, 0.2) is 35.5 Å². The molecule has 1 aliphatic heterocycles. The summed E-state index contributed by atoms with van der Waals surface area (Å²) in [5.41, 5.74) is 0. The quantitative estimate of drug-likeness (QED) is 0.765. The van der Waals surface area contributed by atoms with E-state index in [4.69, 9.17) is 4.42 Å². The van der Waals surface area contributed by atoms with Crippen molar-refractivity contribution in [2.24, 2.45) is 0 Å². The minimum absolute atomic E-state index is 0.206. The van der Waals surface area contributed by atoms with E-state index >= 15 is 0 Å². The van der Waals surface area contributed by atoms with Crippen LogP contribution in [0.5, 0.6) is 0 Å². The molecule has 3 heterocycles. The van der Waals surface area contributed by atoms with E-state index in [1.54, 1.807) is 23.3 Å². The summed E-state index contributed by atoms with van der Waals surface area (Å²) >= 11 is 0. The van der Waals surface area contributed by atoms with Gasteiger partial charge in [-0.05, 0) is 31.4 Å². The number of nitrogens with one attached hydrogen (secondary N) is 1. The SMILES string of the molecule is O=S(=O)(NCCCn1cncn1)N1CCC[C@H]1c1ccco1. The van der Waals surface area contributed by atoms with Gasteiger partial charge < -0.3 is 4.42 Å². The molecule has 22 heavy (non-hydrogen) atoms. The molecule has 2 aromatic rings. The summed E-state index contributed by atoms with van der Waals surface area (Å²) < 4.78 is 36.1. The highest BCUT2D eigenvalue weighted by Crippen LogP contribution is 2.33. The van der Waals surface area contributed by atoms with Crippen molar-refractivity contribution in [3.63, 3.8) is 0 Å². The molecule has 0 unspecified atom stereocenters. The lowest BCUT2D eigenvalue weighted by molar-refractivity contribution is 0.335. The highest BCUT2D eigenvalue weighted by Gasteiger charge is 2.36. The molecular formula is C13H19N5O3S. The third kappa shape index (κ3) is 3.37. The number of aromatic nitrogens is 3. The Labute approximate surface area is 129 Å². The second-order valence-corrected chi connectivity index (χ2v) is 6.90. The molecule has 3 rings (SSSR count). The Bertz CT molecular complexity index is 669. The summed E-state index contributed by atoms with van der Waals surface area (Å²) in [7, 11) is -3.50. The van der Waals surface area contributed by atoms with Crippen LogP contribution >= 0.6 is 0 Å². The van der Waals surface area contributed by atoms with Gasteiger partial charge in [0.25, 0.3) is 10.2 Å². The second kappa shape index (κ2) is 6.59. The molecule has 1 N–H and O–H groups in total. The van der Waals surface area contributed by atoms with Gasteiger partial charge in [0.05, 0.1) is 12.3 Å². The molecule has 2 aromatic heterocycles. The van der Waals surface area contributed by atoms with Crippen molar-refractivity contribution >= 4 is 10.2 Å². The summed E-state index contributed by atoms with van der Waals surface area (Å²) in [5, 5.41) is 3.98. The Morgan fingerprint density at radius 3 is 3.09 bits per heavy atom. The Morgan fingerprint density at radius 2 is 2.36 bits per heavy atom. The average Bonchev–Trinajstić information content (AvgIpc) is 3.24. The molecule has 0 aromatic carbocycles. The topological polar surface area (TPSA) is 93.3 Å². The van der Waals surface area contributed by atoms with Crippen molar-refractivity contribution in [1.29, 1.82) is 0 Å². The van der Waals surface area contributed by atoms with E-state index in [9.17, 15) is 8.42 Å². The number of rotatable bonds is 7. The van der Waals surface area contributed by atoms with E-state index in [0.717, 1.165) is 12.8 Å². The monoisotopic (exact) mass is 325 g/mol. The smallest absolute Gasteiger partial charge is 0.280 e. The zero-order valence-electron chi connectivity index (χ0n) is 12.1. The lowest BCUT2D eigenvalue weighted by Gasteiger charge is -2.22. The van der Waals surface area contributed by atoms with Gasteiger partial charge in [-0.3, -0.25) is 4.68 Å². The van der Waals surface area contributed by atoms with E-state index in [-0.39, 0.29) is 6.04 Å². The number of hydrogen-bond acceptors (Lipinski definition) is 5. The standard InChI is InChI=1S/C13H19N5O3S/c19-22(20,16-6-3-7-17-11-14-10-15-17)18-8-1-4-12(18)13-5-2-9-21-13/h2,5,9-12,16H,1,3-4,6-8H2/t12-/m0/s1. The van der Waals surface area contributed by atoms with Gasteiger partial charge in [-0.1, -0.05) is 0 Å². The number of hydrogen-bond donors (Lipinski definition) is 1. The first-order valence-corrected chi connectivity index (χ1v) is 8.73. The summed E-state index contributed by atoms with van der Waals surface area (Å²) in [4.78, 5) is 3.85. The van der Waals surface area contributed by atoms with Crippen LogP contribution in [0.2, 0.25) is 0 Å². The maximum atomic E-state index is 12.4. The predicted octanol–water partition coefficient (Wildman–Crippen LogP) is 0.933. The van der Waals surface area contributed by atoms with Gasteiger partial charge in [0.15, 0.2) is 0 Å². The molecule has 1 fully saturated rings. The fourth-order valence-corrected chi connectivity index (χ4v) is 4.15. The normalized spacial score (nSPS) is 19.7. The van der Waals surface area contributed by atoms with Gasteiger partial charge in [-0.15, -0.1) is 0 Å². The van der Waals surface area contributed by atoms with Gasteiger partial charge in [-0.25, -0.2) is 9.71 Å². The van der Waals surface area contributed by atoms with Crippen LogP contribution < -0.4 is 4.72 Å². The maximum Gasteiger partial charge on any atom is 0.280 e. The van der Waals surface area contributed by atoms with Gasteiger partial charge in [0.1, 0.15) is 18.4 Å². The van der Waals surface area contributed by atoms with E-state index in [0.29, 0.717) is 31.8 Å². The molecule has 120 valence electrons. The molecule has 0 amide bonds. The first kappa shape index (κ1) is 15.2. The Balaban J connectivity index is 1.55. The lowest BCUT2D eigenvalue weighted by Crippen LogP contribution is -2.40. The molecule has 0 aliphatic carbocycles. The first-order chi connectivity index (χ1) is 10.7. The molecular weight excluding hydrogens is 306 g/mol. The predicted molar refractivity (Wildman–Crippen MR) is 79.0 cm³/mol. The van der Waals surface area contributed by atoms with E-state index in [1.165, 1.54) is 10.6 Å². The van der Waals surface area contributed by atoms with Crippen molar-refractivity contribution in [3.05, 3.63) is 36.8 Å². The van der Waals surface area contributed by atoms with Gasteiger partial charge >= 0.3 is 0 Å². The highest BCUT2D eigenvalue weighted by atomic mass is 32.2. The van der Waals surface area contributed by atoms with Crippen molar-refractivity contribution in [2.75, 3.05) is 13.1 Å². The van der Waals surface area contributed by atoms with Gasteiger partial charge in [0.2, 0.25) is 0 Å². The highest BCUT2D eigenvalue weighted by molar-refractivity contribution is 7.87. The third-order valence-electron chi connectivity index (χ3n) is 3.70. The van der Waals surface area contributed by atoms with E-state index < -0.39 is 10.2 Å². The third-order valence-corrected chi connectivity index (χ3v) is 5.32. The average molecular weight is 325 g/mol. The van der Waals surface area contributed by atoms with Crippen LogP contribution in [0, 0.1) is 0 Å². The maximum absolute atomic E-state index is 12.4. The minimum Gasteiger partial charge on any atom is -0.468 e. The zero-order valence-corrected chi connectivity index (χ0v) is 12.9. The fourth-order valence-electron chi connectivity index (χ4n) is 2.67. The van der Waals surface area contributed by atoms with Crippen molar-refractivity contribution in [3.8, 4) is 0 Å². The van der Waals surface area contributed by atoms with E-state index in [2.05, 4.69) is 14.8 Å². The molecule has 0 saturated carbocycles. The van der Waals surface area contributed by atoms with Crippen LogP contribution in [0.3, 0.4) is 0 Å². The molecule has 0 bridgehead atoms. The summed E-state index contributed by atoms with van der Waals surface area (Å²) in [5.74, 6) is 0.700. The largest absolute Gasteiger partial charge is 0.468 e. The van der Waals surface area contributed by atoms with Crippen LogP contribution in [0.1, 0.15) is 31.1 Å². The molecule has 1 saturated heterocycles. The number of furan rings is 1. The van der Waals surface area contributed by atoms with Crippen molar-refractivity contribution in [2.45, 2.75) is 31.8 Å². The lowest BCUT2D eigenvalue weighted by atomic mass is 10.2. The summed E-state index contributed by atoms with van der Waals surface area (Å²) in [6, 6.07) is 3.40. The van der Waals surface area contributed by atoms with Crippen molar-refractivity contribution < 1.29 is 12.8 Å². The minimum atomic E-state index is -3.50. The molecule has 0 radical (unpaired) electrons. The molecule has 1 aliphatic rings. The molecule has 8 nitrogen and oxygen atoms in total.